The summed E-state index contributed by atoms with van der Waals surface area (Å²) >= 11 is 0. The minimum absolute atomic E-state index is 0.0817. The van der Waals surface area contributed by atoms with Gasteiger partial charge in [0.25, 0.3) is 0 Å². The van der Waals surface area contributed by atoms with E-state index in [1.54, 1.807) is 26.8 Å². The Hall–Kier alpha value is -3.98. The molecule has 0 radical (unpaired) electrons. The van der Waals surface area contributed by atoms with Gasteiger partial charge in [-0.2, -0.15) is 0 Å². The second-order valence-electron chi connectivity index (χ2n) is 15.3. The maximum atomic E-state index is 13.7. The number of furan rings is 1. The van der Waals surface area contributed by atoms with Gasteiger partial charge in [0, 0.05) is 61.8 Å². The summed E-state index contributed by atoms with van der Waals surface area (Å²) < 4.78 is 40.7. The van der Waals surface area contributed by atoms with E-state index >= 15 is 0 Å². The second kappa shape index (κ2) is 11.5. The van der Waals surface area contributed by atoms with Crippen molar-refractivity contribution in [2.24, 2.45) is 39.9 Å². The van der Waals surface area contributed by atoms with E-state index in [0.29, 0.717) is 5.56 Å². The van der Waals surface area contributed by atoms with E-state index in [0.717, 1.165) is 21.0 Å². The lowest BCUT2D eigenvalue weighted by Gasteiger charge is -2.73. The normalized spacial score (nSPS) is 44.5. The molecule has 4 saturated carbocycles. The molecule has 1 aromatic rings. The van der Waals surface area contributed by atoms with Crippen LogP contribution in [0.4, 0.5) is 0 Å². The highest BCUT2D eigenvalue weighted by molar-refractivity contribution is 5.76. The highest BCUT2D eigenvalue weighted by Gasteiger charge is 2.91. The smallest absolute Gasteiger partial charge is 0.335 e. The number of carbonyl (C=O) groups is 6. The van der Waals surface area contributed by atoms with E-state index in [4.69, 9.17) is 32.8 Å². The number of ether oxygens (including phenoxy) is 6. The van der Waals surface area contributed by atoms with Gasteiger partial charge in [-0.15, -0.1) is 0 Å². The van der Waals surface area contributed by atoms with Crippen LogP contribution in [-0.2, 0) is 57.2 Å². The molecule has 15 nitrogen and oxygen atoms in total. The lowest BCUT2D eigenvalue weighted by Crippen LogP contribution is -2.83. The molecule has 15 heteroatoms. The Morgan fingerprint density at radius 2 is 1.54 bits per heavy atom. The Kier molecular flexibility index (Phi) is 8.26. The molecule has 5 fully saturated rings. The van der Waals surface area contributed by atoms with Gasteiger partial charge in [0.1, 0.15) is 35.6 Å². The monoisotopic (exact) mass is 704 g/mol. The van der Waals surface area contributed by atoms with Crippen LogP contribution in [0.2, 0.25) is 0 Å². The van der Waals surface area contributed by atoms with Crippen molar-refractivity contribution in [2.45, 2.75) is 109 Å². The van der Waals surface area contributed by atoms with Gasteiger partial charge in [-0.25, -0.2) is 4.79 Å². The van der Waals surface area contributed by atoms with Crippen molar-refractivity contribution in [3.8, 4) is 0 Å². The molecular weight excluding hydrogens is 660 g/mol. The fraction of sp³-hybridized carbons (Fsp3) is 0.714. The fourth-order valence-corrected chi connectivity index (χ4v) is 11.8. The van der Waals surface area contributed by atoms with E-state index in [1.165, 1.54) is 26.4 Å². The Bertz CT molecular complexity index is 1620. The first-order chi connectivity index (χ1) is 23.2. The Morgan fingerprint density at radius 3 is 2.08 bits per heavy atom. The van der Waals surface area contributed by atoms with Crippen LogP contribution < -0.4 is 0 Å². The molecule has 2 N–H and O–H groups in total. The topological polar surface area (TPSA) is 211 Å². The number of methoxy groups -OCH3 is 1. The number of cyclic esters (lactones) is 1. The average Bonchev–Trinajstić information content (AvgIpc) is 3.67. The third kappa shape index (κ3) is 4.47. The van der Waals surface area contributed by atoms with Crippen molar-refractivity contribution in [3.05, 3.63) is 24.2 Å². The number of aliphatic hydroxyl groups is 2. The summed E-state index contributed by atoms with van der Waals surface area (Å²) in [5.74, 6) is -9.62. The van der Waals surface area contributed by atoms with E-state index in [1.807, 2.05) is 0 Å². The zero-order valence-corrected chi connectivity index (χ0v) is 29.3. The molecule has 0 amide bonds. The zero-order valence-electron chi connectivity index (χ0n) is 29.3. The van der Waals surface area contributed by atoms with Gasteiger partial charge in [-0.1, -0.05) is 20.8 Å². The molecule has 1 saturated heterocycles. The van der Waals surface area contributed by atoms with Gasteiger partial charge in [0.15, 0.2) is 6.10 Å². The SMILES string of the molecule is COC(=O)[C@@H](O)[C@H]1C2(C)C[C@]3(OC(C)=O)[C@H]([C@H]2OC(C)=O)[C@@H](OC(C)=O)[C@]2(O)[C@@H]4CC(=O)O[C@@H](c5ccoc5)[C@]4(C)[C@@H](OC(C)=O)C[C@@H]2[C@]13C. The van der Waals surface area contributed by atoms with Crippen LogP contribution in [0.3, 0.4) is 0 Å². The van der Waals surface area contributed by atoms with E-state index < -0.39 is 124 Å². The van der Waals surface area contributed by atoms with Crippen molar-refractivity contribution in [1.82, 2.24) is 0 Å². The Morgan fingerprint density at radius 1 is 0.920 bits per heavy atom. The number of hydrogen-bond donors (Lipinski definition) is 2. The van der Waals surface area contributed by atoms with Crippen LogP contribution >= 0.6 is 0 Å². The highest BCUT2D eigenvalue weighted by Crippen LogP contribution is 2.82. The van der Waals surface area contributed by atoms with Crippen molar-refractivity contribution < 1.29 is 71.8 Å². The minimum Gasteiger partial charge on any atom is -0.472 e. The third-order valence-corrected chi connectivity index (χ3v) is 13.0. The number of aliphatic hydroxyl groups excluding tert-OH is 1. The Labute approximate surface area is 288 Å². The van der Waals surface area contributed by atoms with Gasteiger partial charge < -0.3 is 43.1 Å². The number of fused-ring (bicyclic) bond motifs is 5. The van der Waals surface area contributed by atoms with Crippen LogP contribution in [0.15, 0.2) is 23.0 Å². The number of esters is 6. The number of hydrogen-bond acceptors (Lipinski definition) is 15. The van der Waals surface area contributed by atoms with Crippen LogP contribution in [0.1, 0.15) is 79.4 Å². The van der Waals surface area contributed by atoms with Gasteiger partial charge in [0.05, 0.1) is 37.4 Å². The fourth-order valence-electron chi connectivity index (χ4n) is 11.8. The maximum Gasteiger partial charge on any atom is 0.335 e. The van der Waals surface area contributed by atoms with Gasteiger partial charge in [0.2, 0.25) is 0 Å². The highest BCUT2D eigenvalue weighted by atomic mass is 16.6. The lowest BCUT2D eigenvalue weighted by atomic mass is 9.35. The van der Waals surface area contributed by atoms with E-state index in [-0.39, 0.29) is 12.8 Å². The molecule has 2 bridgehead atoms. The van der Waals surface area contributed by atoms with Crippen molar-refractivity contribution in [2.75, 3.05) is 7.11 Å². The summed E-state index contributed by atoms with van der Waals surface area (Å²) in [7, 11) is 1.10. The van der Waals surface area contributed by atoms with Gasteiger partial charge >= 0.3 is 35.8 Å². The molecule has 2 heterocycles. The first kappa shape index (κ1) is 35.8. The maximum absolute atomic E-state index is 13.7. The third-order valence-electron chi connectivity index (χ3n) is 13.0. The standard InChI is InChI=1S/C35H44O15/c1-15(36)46-22-11-21-33(7)26(25(41)30(42)44-8)31(5)14-34(33,50-18(4)39)24(28(31)47-16(2)37)29(48-17(3)38)35(21,43)20-12-23(40)49-27(32(20,22)6)19-9-10-45-13-19/h9-10,13,20-22,24-29,41,43H,11-12,14H2,1-8H3/t20-,21-,22+,24-,25+,26+,27+,28-,29-,31?,32+,33-,34+,35+/m1/s1. The van der Waals surface area contributed by atoms with Crippen LogP contribution in [0, 0.1) is 39.9 Å². The van der Waals surface area contributed by atoms with Gasteiger partial charge in [-0.05, 0) is 18.9 Å². The molecule has 50 heavy (non-hydrogen) atoms. The molecular formula is C35H44O15. The van der Waals surface area contributed by atoms with Crippen LogP contribution in [-0.4, -0.2) is 88.8 Å². The lowest BCUT2D eigenvalue weighted by molar-refractivity contribution is -0.369. The summed E-state index contributed by atoms with van der Waals surface area (Å²) in [6.07, 6.45) is -4.92. The predicted molar refractivity (Wildman–Crippen MR) is 164 cm³/mol. The first-order valence-corrected chi connectivity index (χ1v) is 16.7. The molecule has 1 aliphatic heterocycles. The largest absolute Gasteiger partial charge is 0.472 e. The average molecular weight is 705 g/mol. The van der Waals surface area contributed by atoms with E-state index in [9.17, 15) is 39.0 Å². The molecule has 1 unspecified atom stereocenters. The molecule has 14 atom stereocenters. The molecule has 1 aromatic heterocycles. The summed E-state index contributed by atoms with van der Waals surface area (Å²) in [5, 5.41) is 25.6. The molecule has 274 valence electrons. The number of carbonyl (C=O) groups excluding carboxylic acids is 6. The predicted octanol–water partition coefficient (Wildman–Crippen LogP) is 1.95. The number of rotatable bonds is 7. The van der Waals surface area contributed by atoms with Crippen LogP contribution in [0.25, 0.3) is 0 Å². The first-order valence-electron chi connectivity index (χ1n) is 16.7. The van der Waals surface area contributed by atoms with Crippen molar-refractivity contribution in [3.63, 3.8) is 0 Å². The molecule has 0 aromatic carbocycles. The Balaban J connectivity index is 1.71. The zero-order chi connectivity index (χ0) is 36.9. The van der Waals surface area contributed by atoms with Crippen molar-refractivity contribution in [1.29, 1.82) is 0 Å². The molecule has 6 rings (SSSR count). The summed E-state index contributed by atoms with van der Waals surface area (Å²) in [6, 6.07) is 1.58. The van der Waals surface area contributed by atoms with Crippen LogP contribution in [0.5, 0.6) is 0 Å². The summed E-state index contributed by atoms with van der Waals surface area (Å²) in [6.45, 7) is 9.73. The molecule has 0 spiro atoms. The molecule has 5 aliphatic rings. The quantitative estimate of drug-likeness (QED) is 0.307. The second-order valence-corrected chi connectivity index (χ2v) is 15.3. The summed E-state index contributed by atoms with van der Waals surface area (Å²) in [5.41, 5.74) is -7.89. The van der Waals surface area contributed by atoms with E-state index in [2.05, 4.69) is 0 Å². The molecule has 4 aliphatic carbocycles. The van der Waals surface area contributed by atoms with Crippen molar-refractivity contribution >= 4 is 35.8 Å². The van der Waals surface area contributed by atoms with Gasteiger partial charge in [-0.3, -0.25) is 24.0 Å². The minimum atomic E-state index is -2.24. The summed E-state index contributed by atoms with van der Waals surface area (Å²) in [4.78, 5) is 78.7.